The van der Waals surface area contributed by atoms with Gasteiger partial charge < -0.3 is 15.2 Å². The molecule has 0 saturated carbocycles. The van der Waals surface area contributed by atoms with Gasteiger partial charge in [0.25, 0.3) is 0 Å². The smallest absolute Gasteiger partial charge is 0.0613 e. The number of ether oxygens (including phenoxy) is 1. The average molecular weight is 215 g/mol. The highest BCUT2D eigenvalue weighted by atomic mass is 16.5. The van der Waals surface area contributed by atoms with Crippen LogP contribution in [0.1, 0.15) is 46.0 Å². The number of hydrogen-bond donors (Lipinski definition) is 2. The van der Waals surface area contributed by atoms with Crippen LogP contribution in [0.3, 0.4) is 0 Å². The van der Waals surface area contributed by atoms with E-state index in [1.165, 1.54) is 19.3 Å². The molecular weight excluding hydrogens is 190 g/mol. The van der Waals surface area contributed by atoms with Crippen LogP contribution in [0.2, 0.25) is 0 Å². The zero-order valence-electron chi connectivity index (χ0n) is 10.1. The maximum absolute atomic E-state index is 9.47. The van der Waals surface area contributed by atoms with Gasteiger partial charge in [-0.05, 0) is 46.1 Å². The van der Waals surface area contributed by atoms with Crippen LogP contribution < -0.4 is 5.32 Å². The van der Waals surface area contributed by atoms with E-state index < -0.39 is 5.60 Å². The average Bonchev–Trinajstić information content (AvgIpc) is 2.17. The van der Waals surface area contributed by atoms with Gasteiger partial charge in [0.1, 0.15) is 0 Å². The predicted octanol–water partition coefficient (Wildman–Crippen LogP) is 1.70. The number of aliphatic hydroxyl groups is 1. The molecule has 0 amide bonds. The highest BCUT2D eigenvalue weighted by molar-refractivity contribution is 4.71. The van der Waals surface area contributed by atoms with E-state index in [1.807, 2.05) is 13.8 Å². The van der Waals surface area contributed by atoms with Crippen molar-refractivity contribution >= 4 is 0 Å². The molecule has 0 aliphatic carbocycles. The van der Waals surface area contributed by atoms with Crippen molar-refractivity contribution in [1.29, 1.82) is 0 Å². The van der Waals surface area contributed by atoms with E-state index in [0.717, 1.165) is 19.6 Å². The third-order valence-electron chi connectivity index (χ3n) is 2.88. The lowest BCUT2D eigenvalue weighted by atomic mass is 10.0. The van der Waals surface area contributed by atoms with E-state index in [4.69, 9.17) is 4.74 Å². The fourth-order valence-corrected chi connectivity index (χ4v) is 1.82. The van der Waals surface area contributed by atoms with E-state index in [2.05, 4.69) is 5.32 Å². The van der Waals surface area contributed by atoms with E-state index in [1.54, 1.807) is 0 Å². The van der Waals surface area contributed by atoms with Gasteiger partial charge in [-0.3, -0.25) is 0 Å². The van der Waals surface area contributed by atoms with Gasteiger partial charge in [0.05, 0.1) is 5.60 Å². The van der Waals surface area contributed by atoms with E-state index in [-0.39, 0.29) is 0 Å². The van der Waals surface area contributed by atoms with Gasteiger partial charge >= 0.3 is 0 Å². The first-order valence-electron chi connectivity index (χ1n) is 6.11. The molecule has 0 aromatic heterocycles. The summed E-state index contributed by atoms with van der Waals surface area (Å²) in [6.45, 7) is 6.27. The summed E-state index contributed by atoms with van der Waals surface area (Å²) in [7, 11) is 0. The molecule has 3 heteroatoms. The van der Waals surface area contributed by atoms with Crippen molar-refractivity contribution in [3.63, 3.8) is 0 Å². The molecule has 1 aliphatic heterocycles. The predicted molar refractivity (Wildman–Crippen MR) is 62.0 cm³/mol. The highest BCUT2D eigenvalue weighted by Crippen LogP contribution is 2.11. The molecule has 1 saturated heterocycles. The lowest BCUT2D eigenvalue weighted by Crippen LogP contribution is -2.34. The van der Waals surface area contributed by atoms with Crippen LogP contribution in [0, 0.1) is 0 Å². The summed E-state index contributed by atoms with van der Waals surface area (Å²) in [5, 5.41) is 13.0. The summed E-state index contributed by atoms with van der Waals surface area (Å²) in [6.07, 6.45) is 5.77. The summed E-state index contributed by atoms with van der Waals surface area (Å²) in [5.74, 6) is 0. The highest BCUT2D eigenvalue weighted by Gasteiger charge is 2.13. The van der Waals surface area contributed by atoms with Gasteiger partial charge in [-0.25, -0.2) is 0 Å². The van der Waals surface area contributed by atoms with Crippen molar-refractivity contribution in [3.05, 3.63) is 0 Å². The van der Waals surface area contributed by atoms with Crippen LogP contribution in [-0.4, -0.2) is 36.5 Å². The molecule has 1 heterocycles. The minimum atomic E-state index is -0.594. The van der Waals surface area contributed by atoms with E-state index in [0.29, 0.717) is 19.1 Å². The van der Waals surface area contributed by atoms with Crippen LogP contribution in [0.5, 0.6) is 0 Å². The summed E-state index contributed by atoms with van der Waals surface area (Å²) < 4.78 is 5.51. The molecule has 15 heavy (non-hydrogen) atoms. The Balaban J connectivity index is 1.92. The number of hydrogen-bond acceptors (Lipinski definition) is 3. The topological polar surface area (TPSA) is 41.5 Å². The third-order valence-corrected chi connectivity index (χ3v) is 2.88. The van der Waals surface area contributed by atoms with Gasteiger partial charge in [0.2, 0.25) is 0 Å². The Morgan fingerprint density at radius 1 is 1.33 bits per heavy atom. The van der Waals surface area contributed by atoms with Crippen LogP contribution in [0.25, 0.3) is 0 Å². The fourth-order valence-electron chi connectivity index (χ4n) is 1.82. The van der Waals surface area contributed by atoms with Gasteiger partial charge in [-0.1, -0.05) is 6.42 Å². The molecule has 0 bridgehead atoms. The van der Waals surface area contributed by atoms with Crippen molar-refractivity contribution in [1.82, 2.24) is 5.32 Å². The maximum atomic E-state index is 9.47. The monoisotopic (exact) mass is 215 g/mol. The third kappa shape index (κ3) is 6.88. The number of rotatable bonds is 6. The first-order chi connectivity index (χ1) is 7.08. The van der Waals surface area contributed by atoms with Crippen LogP contribution in [-0.2, 0) is 4.74 Å². The minimum Gasteiger partial charge on any atom is -0.390 e. The van der Waals surface area contributed by atoms with Crippen LogP contribution in [0.15, 0.2) is 0 Å². The van der Waals surface area contributed by atoms with E-state index >= 15 is 0 Å². The quantitative estimate of drug-likeness (QED) is 0.663. The largest absolute Gasteiger partial charge is 0.390 e. The zero-order chi connectivity index (χ0) is 11.1. The van der Waals surface area contributed by atoms with Crippen molar-refractivity contribution in [2.45, 2.75) is 57.6 Å². The fraction of sp³-hybridized carbons (Fsp3) is 1.00. The Labute approximate surface area is 93.2 Å². The first kappa shape index (κ1) is 12.9. The molecule has 0 aromatic carbocycles. The van der Waals surface area contributed by atoms with Gasteiger partial charge in [-0.15, -0.1) is 0 Å². The van der Waals surface area contributed by atoms with Crippen molar-refractivity contribution < 1.29 is 9.84 Å². The van der Waals surface area contributed by atoms with Crippen LogP contribution in [0.4, 0.5) is 0 Å². The molecule has 1 unspecified atom stereocenters. The Morgan fingerprint density at radius 3 is 2.73 bits per heavy atom. The molecule has 3 nitrogen and oxygen atoms in total. The lowest BCUT2D eigenvalue weighted by Gasteiger charge is -2.23. The molecule has 1 atom stereocenters. The van der Waals surface area contributed by atoms with Gasteiger partial charge in [0.15, 0.2) is 0 Å². The second-order valence-electron chi connectivity index (χ2n) is 5.11. The second-order valence-corrected chi connectivity index (χ2v) is 5.11. The Hall–Kier alpha value is -0.120. The molecule has 1 rings (SSSR count). The summed E-state index contributed by atoms with van der Waals surface area (Å²) in [6, 6.07) is 0.654. The first-order valence-corrected chi connectivity index (χ1v) is 6.11. The molecule has 0 radical (unpaired) electrons. The minimum absolute atomic E-state index is 0.594. The van der Waals surface area contributed by atoms with Gasteiger partial charge in [0, 0.05) is 19.3 Å². The van der Waals surface area contributed by atoms with E-state index in [9.17, 15) is 5.11 Å². The Bertz CT molecular complexity index is 159. The summed E-state index contributed by atoms with van der Waals surface area (Å²) in [5.41, 5.74) is -0.594. The number of nitrogens with one attached hydrogen (secondary N) is 1. The van der Waals surface area contributed by atoms with Crippen molar-refractivity contribution in [3.8, 4) is 0 Å². The molecule has 1 aliphatic rings. The van der Waals surface area contributed by atoms with Crippen molar-refractivity contribution in [2.24, 2.45) is 0 Å². The molecule has 2 N–H and O–H groups in total. The normalized spacial score (nSPS) is 23.0. The standard InChI is InChI=1S/C12H25NO2/c1-12(2,14)7-10-15-9-6-11-5-3-4-8-13-11/h11,13-14H,3-10H2,1-2H3. The molecule has 0 aromatic rings. The Kier molecular flexibility index (Phi) is 5.58. The SMILES string of the molecule is CC(C)(O)CCOCCC1CCCCN1. The molecule has 0 spiro atoms. The Morgan fingerprint density at radius 2 is 2.13 bits per heavy atom. The zero-order valence-corrected chi connectivity index (χ0v) is 10.1. The molecular formula is C12H25NO2. The second kappa shape index (κ2) is 6.46. The summed E-state index contributed by atoms with van der Waals surface area (Å²) in [4.78, 5) is 0. The van der Waals surface area contributed by atoms with Crippen LogP contribution >= 0.6 is 0 Å². The van der Waals surface area contributed by atoms with Gasteiger partial charge in [-0.2, -0.15) is 0 Å². The summed E-state index contributed by atoms with van der Waals surface area (Å²) >= 11 is 0. The lowest BCUT2D eigenvalue weighted by molar-refractivity contribution is 0.0260. The number of piperidine rings is 1. The molecule has 90 valence electrons. The van der Waals surface area contributed by atoms with Crippen molar-refractivity contribution in [2.75, 3.05) is 19.8 Å². The maximum Gasteiger partial charge on any atom is 0.0613 e. The molecule has 1 fully saturated rings.